The predicted octanol–water partition coefficient (Wildman–Crippen LogP) is 3.10. The lowest BCUT2D eigenvalue weighted by Crippen LogP contribution is -2.46. The molecule has 0 spiro atoms. The molecule has 8 heteroatoms. The Morgan fingerprint density at radius 3 is 2.49 bits per heavy atom. The molecule has 2 saturated heterocycles. The van der Waals surface area contributed by atoms with Gasteiger partial charge in [-0.2, -0.15) is 0 Å². The Labute approximate surface area is 205 Å². The first-order valence-electron chi connectivity index (χ1n) is 12.3. The normalized spacial score (nSPS) is 22.7. The van der Waals surface area contributed by atoms with Gasteiger partial charge in [-0.3, -0.25) is 14.5 Å². The molecule has 1 atom stereocenters. The first-order valence-corrected chi connectivity index (χ1v) is 12.3. The number of carbonyl (C=O) groups excluding carboxylic acids is 3. The maximum atomic E-state index is 13.3. The fourth-order valence-corrected chi connectivity index (χ4v) is 5.08. The average molecular weight is 478 g/mol. The highest BCUT2D eigenvalue weighted by Crippen LogP contribution is 2.36. The number of ether oxygens (including phenoxy) is 2. The van der Waals surface area contributed by atoms with Gasteiger partial charge in [0, 0.05) is 19.5 Å². The molecule has 184 valence electrons. The number of carbonyl (C=O) groups is 3. The third kappa shape index (κ3) is 4.70. The molecule has 8 nitrogen and oxygen atoms in total. The highest BCUT2D eigenvalue weighted by atomic mass is 16.5. The van der Waals surface area contributed by atoms with Crippen LogP contribution < -0.4 is 14.8 Å². The Balaban J connectivity index is 1.21. The summed E-state index contributed by atoms with van der Waals surface area (Å²) >= 11 is 0. The van der Waals surface area contributed by atoms with Crippen LogP contribution in [-0.2, 0) is 21.5 Å². The molecule has 0 radical (unpaired) electrons. The van der Waals surface area contributed by atoms with Gasteiger partial charge in [0.25, 0.3) is 5.91 Å². The minimum absolute atomic E-state index is 0.199. The standard InChI is InChI=1S/C27H31N3O5/c1-27(21-8-9-22-23(17-21)35-15-5-14-34-22)25(32)30(26(33)28-27)18-24(31)29-12-10-20(11-13-29)16-19-6-3-2-4-7-19/h2-4,6-9,17,20H,5,10-16,18H2,1H3,(H,28,33)/t27-/m0/s1. The van der Waals surface area contributed by atoms with E-state index in [0.29, 0.717) is 49.3 Å². The van der Waals surface area contributed by atoms with Crippen molar-refractivity contribution in [3.8, 4) is 11.5 Å². The summed E-state index contributed by atoms with van der Waals surface area (Å²) in [7, 11) is 0. The largest absolute Gasteiger partial charge is 0.490 e. The van der Waals surface area contributed by atoms with Gasteiger partial charge in [-0.05, 0) is 55.4 Å². The van der Waals surface area contributed by atoms with Crippen LogP contribution in [-0.4, -0.2) is 60.5 Å². The number of fused-ring (bicyclic) bond motifs is 1. The van der Waals surface area contributed by atoms with E-state index in [1.54, 1.807) is 30.0 Å². The fraction of sp³-hybridized carbons (Fsp3) is 0.444. The monoisotopic (exact) mass is 477 g/mol. The summed E-state index contributed by atoms with van der Waals surface area (Å²) in [6.07, 6.45) is 3.60. The van der Waals surface area contributed by atoms with Crippen LogP contribution in [0.25, 0.3) is 0 Å². The van der Waals surface area contributed by atoms with Gasteiger partial charge in [0.15, 0.2) is 11.5 Å². The second-order valence-electron chi connectivity index (χ2n) is 9.67. The van der Waals surface area contributed by atoms with Crippen molar-refractivity contribution in [1.29, 1.82) is 0 Å². The van der Waals surface area contributed by atoms with Crippen molar-refractivity contribution < 1.29 is 23.9 Å². The van der Waals surface area contributed by atoms with Crippen molar-refractivity contribution in [1.82, 2.24) is 15.1 Å². The quantitative estimate of drug-likeness (QED) is 0.669. The molecule has 2 aromatic rings. The molecule has 2 fully saturated rings. The molecule has 0 saturated carbocycles. The maximum absolute atomic E-state index is 13.3. The van der Waals surface area contributed by atoms with Crippen LogP contribution in [0.15, 0.2) is 48.5 Å². The molecule has 2 aromatic carbocycles. The summed E-state index contributed by atoms with van der Waals surface area (Å²) in [5.41, 5.74) is 0.632. The lowest BCUT2D eigenvalue weighted by molar-refractivity contribution is -0.139. The fourth-order valence-electron chi connectivity index (χ4n) is 5.08. The molecule has 0 aliphatic carbocycles. The Morgan fingerprint density at radius 1 is 1.03 bits per heavy atom. The van der Waals surface area contributed by atoms with Gasteiger partial charge < -0.3 is 19.7 Å². The molecule has 0 bridgehead atoms. The Bertz CT molecular complexity index is 1110. The zero-order chi connectivity index (χ0) is 24.4. The van der Waals surface area contributed by atoms with E-state index in [2.05, 4.69) is 17.4 Å². The summed E-state index contributed by atoms with van der Waals surface area (Å²) in [6.45, 7) is 3.77. The van der Waals surface area contributed by atoms with Crippen molar-refractivity contribution in [2.24, 2.45) is 5.92 Å². The van der Waals surface area contributed by atoms with Gasteiger partial charge in [-0.15, -0.1) is 0 Å². The number of rotatable bonds is 5. The number of urea groups is 1. The topological polar surface area (TPSA) is 88.2 Å². The molecule has 0 aromatic heterocycles. The SMILES string of the molecule is C[C@@]1(c2ccc3c(c2)OCCCO3)NC(=O)N(CC(=O)N2CCC(Cc3ccccc3)CC2)C1=O. The van der Waals surface area contributed by atoms with Crippen molar-refractivity contribution in [3.05, 3.63) is 59.7 Å². The van der Waals surface area contributed by atoms with E-state index in [1.165, 1.54) is 5.56 Å². The van der Waals surface area contributed by atoms with Crippen molar-refractivity contribution in [2.75, 3.05) is 32.8 Å². The Hall–Kier alpha value is -3.55. The summed E-state index contributed by atoms with van der Waals surface area (Å²) in [5.74, 6) is 1.06. The van der Waals surface area contributed by atoms with E-state index in [4.69, 9.17) is 9.47 Å². The van der Waals surface area contributed by atoms with Crippen LogP contribution >= 0.6 is 0 Å². The number of likely N-dealkylation sites (tertiary alicyclic amines) is 1. The van der Waals surface area contributed by atoms with E-state index in [0.717, 1.165) is 30.6 Å². The van der Waals surface area contributed by atoms with E-state index in [-0.39, 0.29) is 12.5 Å². The summed E-state index contributed by atoms with van der Waals surface area (Å²) in [5, 5.41) is 2.78. The van der Waals surface area contributed by atoms with Gasteiger partial charge in [0.05, 0.1) is 13.2 Å². The van der Waals surface area contributed by atoms with Crippen LogP contribution in [0, 0.1) is 5.92 Å². The minimum Gasteiger partial charge on any atom is -0.490 e. The molecular weight excluding hydrogens is 446 g/mol. The zero-order valence-electron chi connectivity index (χ0n) is 20.0. The molecular formula is C27H31N3O5. The highest BCUT2D eigenvalue weighted by molar-refractivity contribution is 6.09. The van der Waals surface area contributed by atoms with E-state index in [1.807, 2.05) is 18.2 Å². The zero-order valence-corrected chi connectivity index (χ0v) is 20.0. The first kappa shape index (κ1) is 23.2. The number of hydrogen-bond donors (Lipinski definition) is 1. The third-order valence-electron chi connectivity index (χ3n) is 7.23. The minimum atomic E-state index is -1.27. The summed E-state index contributed by atoms with van der Waals surface area (Å²) in [6, 6.07) is 15.1. The van der Waals surface area contributed by atoms with Gasteiger partial charge in [-0.25, -0.2) is 4.79 Å². The molecule has 0 unspecified atom stereocenters. The molecule has 3 aliphatic rings. The predicted molar refractivity (Wildman–Crippen MR) is 129 cm³/mol. The third-order valence-corrected chi connectivity index (χ3v) is 7.23. The average Bonchev–Trinajstić information content (AvgIpc) is 3.02. The number of nitrogens with zero attached hydrogens (tertiary/aromatic N) is 2. The van der Waals surface area contributed by atoms with Gasteiger partial charge in [0.2, 0.25) is 5.91 Å². The van der Waals surface area contributed by atoms with Crippen LogP contribution in [0.2, 0.25) is 0 Å². The molecule has 3 heterocycles. The van der Waals surface area contributed by atoms with Gasteiger partial charge in [-0.1, -0.05) is 36.4 Å². The molecule has 3 aliphatic heterocycles. The number of benzene rings is 2. The second-order valence-corrected chi connectivity index (χ2v) is 9.67. The summed E-state index contributed by atoms with van der Waals surface area (Å²) in [4.78, 5) is 41.9. The van der Waals surface area contributed by atoms with E-state index < -0.39 is 17.5 Å². The number of amides is 4. The highest BCUT2D eigenvalue weighted by Gasteiger charge is 2.50. The first-order chi connectivity index (χ1) is 16.9. The van der Waals surface area contributed by atoms with Crippen molar-refractivity contribution in [3.63, 3.8) is 0 Å². The number of nitrogens with one attached hydrogen (secondary N) is 1. The molecule has 4 amide bonds. The van der Waals surface area contributed by atoms with Crippen LogP contribution in [0.1, 0.15) is 37.3 Å². The molecule has 35 heavy (non-hydrogen) atoms. The van der Waals surface area contributed by atoms with E-state index in [9.17, 15) is 14.4 Å². The lowest BCUT2D eigenvalue weighted by Gasteiger charge is -2.33. The van der Waals surface area contributed by atoms with Crippen LogP contribution in [0.5, 0.6) is 11.5 Å². The van der Waals surface area contributed by atoms with E-state index >= 15 is 0 Å². The van der Waals surface area contributed by atoms with Crippen LogP contribution in [0.3, 0.4) is 0 Å². The lowest BCUT2D eigenvalue weighted by atomic mass is 9.90. The second kappa shape index (κ2) is 9.60. The molecule has 5 rings (SSSR count). The van der Waals surface area contributed by atoms with Crippen molar-refractivity contribution >= 4 is 17.8 Å². The Morgan fingerprint density at radius 2 is 1.74 bits per heavy atom. The van der Waals surface area contributed by atoms with Gasteiger partial charge in [0.1, 0.15) is 12.1 Å². The van der Waals surface area contributed by atoms with Gasteiger partial charge >= 0.3 is 6.03 Å². The number of piperidine rings is 1. The van der Waals surface area contributed by atoms with Crippen LogP contribution in [0.4, 0.5) is 4.79 Å². The van der Waals surface area contributed by atoms with Crippen molar-refractivity contribution in [2.45, 2.75) is 38.1 Å². The smallest absolute Gasteiger partial charge is 0.325 e. The summed E-state index contributed by atoms with van der Waals surface area (Å²) < 4.78 is 11.4. The number of imide groups is 1. The molecule has 1 N–H and O–H groups in total. The number of hydrogen-bond acceptors (Lipinski definition) is 5. The Kier molecular flexibility index (Phi) is 6.36. The maximum Gasteiger partial charge on any atom is 0.325 e.